The highest BCUT2D eigenvalue weighted by Gasteiger charge is 2.24. The molecule has 0 heterocycles. The van der Waals surface area contributed by atoms with Crippen LogP contribution >= 0.6 is 8.25 Å². The molecule has 0 radical (unpaired) electrons. The summed E-state index contributed by atoms with van der Waals surface area (Å²) in [5, 5.41) is 8.07. The van der Waals surface area contributed by atoms with Crippen molar-refractivity contribution in [3.8, 4) is 0 Å². The zero-order valence-electron chi connectivity index (χ0n) is 4.64. The lowest BCUT2D eigenvalue weighted by Crippen LogP contribution is -2.16. The minimum atomic E-state index is -2.80. The Bertz CT molecular complexity index is 132. The Morgan fingerprint density at radius 3 is 2.33 bits per heavy atom. The van der Waals surface area contributed by atoms with Gasteiger partial charge in [0.05, 0.1) is 0 Å². The van der Waals surface area contributed by atoms with Crippen LogP contribution in [0.25, 0.3) is 0 Å². The second-order valence-corrected chi connectivity index (χ2v) is 2.01. The van der Waals surface area contributed by atoms with E-state index < -0.39 is 20.3 Å². The Morgan fingerprint density at radius 2 is 2.22 bits per heavy atom. The van der Waals surface area contributed by atoms with E-state index in [9.17, 15) is 9.36 Å². The largest absolute Gasteiger partial charge is 0.695 e. The first-order valence-corrected chi connectivity index (χ1v) is 3.22. The minimum Gasteiger partial charge on any atom is -0.479 e. The molecule has 0 bridgehead atoms. The van der Waals surface area contributed by atoms with Gasteiger partial charge in [0.1, 0.15) is 0 Å². The number of hydrogen-bond donors (Lipinski definition) is 2. The highest BCUT2D eigenvalue weighted by atomic mass is 31.1. The van der Waals surface area contributed by atoms with Crippen LogP contribution in [0.1, 0.15) is 6.92 Å². The summed E-state index contributed by atoms with van der Waals surface area (Å²) in [7, 11) is -2.80. The van der Waals surface area contributed by atoms with Gasteiger partial charge in [-0.2, -0.15) is 0 Å². The third-order valence-electron chi connectivity index (χ3n) is 0.596. The van der Waals surface area contributed by atoms with E-state index in [0.29, 0.717) is 0 Å². The average Bonchev–Trinajstić information content (AvgIpc) is 1.63. The Balaban J connectivity index is 3.63. The molecule has 9 heavy (non-hydrogen) atoms. The lowest BCUT2D eigenvalue weighted by Gasteiger charge is -1.91. The van der Waals surface area contributed by atoms with E-state index in [0.717, 1.165) is 0 Å². The summed E-state index contributed by atoms with van der Waals surface area (Å²) in [5.74, 6) is -1.26. The molecule has 0 saturated heterocycles. The van der Waals surface area contributed by atoms with Crippen molar-refractivity contribution in [2.75, 3.05) is 0 Å². The standard InChI is InChI=1S/C3H5O5P/c1-2(3(4)5)8-9(6)7/h2H,1H3,(H-,4,5,6,7)/p+1. The van der Waals surface area contributed by atoms with E-state index in [1.807, 2.05) is 0 Å². The molecule has 2 N–H and O–H groups in total. The zero-order chi connectivity index (χ0) is 7.44. The highest BCUT2D eigenvalue weighted by molar-refractivity contribution is 7.32. The molecule has 0 aromatic carbocycles. The number of rotatable bonds is 3. The van der Waals surface area contributed by atoms with Crippen molar-refractivity contribution in [3.63, 3.8) is 0 Å². The molecule has 6 heteroatoms. The molecule has 0 saturated carbocycles. The Kier molecular flexibility index (Phi) is 3.30. The monoisotopic (exact) mass is 153 g/mol. The summed E-state index contributed by atoms with van der Waals surface area (Å²) in [6.45, 7) is 1.17. The summed E-state index contributed by atoms with van der Waals surface area (Å²) in [6, 6.07) is 0. The molecule has 0 spiro atoms. The first-order valence-electron chi connectivity index (χ1n) is 2.09. The van der Waals surface area contributed by atoms with Crippen molar-refractivity contribution < 1.29 is 23.9 Å². The van der Waals surface area contributed by atoms with Crippen molar-refractivity contribution in [3.05, 3.63) is 0 Å². The van der Waals surface area contributed by atoms with Gasteiger partial charge in [0.25, 0.3) is 0 Å². The molecular formula is C3H6O5P+. The van der Waals surface area contributed by atoms with Gasteiger partial charge < -0.3 is 5.11 Å². The first kappa shape index (κ1) is 8.49. The molecule has 0 aliphatic rings. The fourth-order valence-corrected chi connectivity index (χ4v) is 0.541. The number of carboxylic acid groups (broad SMARTS) is 1. The van der Waals surface area contributed by atoms with Crippen LogP contribution in [-0.2, 0) is 13.9 Å². The van der Waals surface area contributed by atoms with Gasteiger partial charge in [-0.1, -0.05) is 0 Å². The fourth-order valence-electron chi connectivity index (χ4n) is 0.180. The Morgan fingerprint density at radius 1 is 1.78 bits per heavy atom. The maximum atomic E-state index is 9.87. The fraction of sp³-hybridized carbons (Fsp3) is 0.667. The second-order valence-electron chi connectivity index (χ2n) is 1.32. The molecule has 0 aliphatic heterocycles. The highest BCUT2D eigenvalue weighted by Crippen LogP contribution is 2.17. The third-order valence-corrected chi connectivity index (χ3v) is 1.09. The number of aliphatic carboxylic acids is 1. The van der Waals surface area contributed by atoms with Gasteiger partial charge in [-0.25, -0.2) is 4.79 Å². The van der Waals surface area contributed by atoms with E-state index in [1.54, 1.807) is 0 Å². The van der Waals surface area contributed by atoms with Crippen molar-refractivity contribution in [2.45, 2.75) is 13.0 Å². The van der Waals surface area contributed by atoms with E-state index >= 15 is 0 Å². The van der Waals surface area contributed by atoms with Crippen LogP contribution in [0.2, 0.25) is 0 Å². The summed E-state index contributed by atoms with van der Waals surface area (Å²) in [4.78, 5) is 17.9. The molecule has 0 fully saturated rings. The van der Waals surface area contributed by atoms with Gasteiger partial charge in [-0.05, 0) is 6.92 Å². The second kappa shape index (κ2) is 3.50. The maximum absolute atomic E-state index is 9.87. The summed E-state index contributed by atoms with van der Waals surface area (Å²) in [6.07, 6.45) is -1.22. The molecule has 0 aromatic heterocycles. The van der Waals surface area contributed by atoms with Gasteiger partial charge in [-0.15, -0.1) is 9.42 Å². The molecular weight excluding hydrogens is 147 g/mol. The molecule has 2 unspecified atom stereocenters. The zero-order valence-corrected chi connectivity index (χ0v) is 5.54. The minimum absolute atomic E-state index is 1.17. The molecule has 52 valence electrons. The summed E-state index contributed by atoms with van der Waals surface area (Å²) in [5.41, 5.74) is 0. The van der Waals surface area contributed by atoms with Crippen LogP contribution in [0.15, 0.2) is 0 Å². The summed E-state index contributed by atoms with van der Waals surface area (Å²) < 4.78 is 13.8. The van der Waals surface area contributed by atoms with Crippen molar-refractivity contribution in [1.82, 2.24) is 0 Å². The van der Waals surface area contributed by atoms with Gasteiger partial charge in [0.15, 0.2) is 0 Å². The van der Waals surface area contributed by atoms with E-state index in [1.165, 1.54) is 6.92 Å². The first-order chi connectivity index (χ1) is 4.04. The third kappa shape index (κ3) is 4.02. The van der Waals surface area contributed by atoms with Crippen molar-refractivity contribution in [2.24, 2.45) is 0 Å². The van der Waals surface area contributed by atoms with Crippen molar-refractivity contribution >= 4 is 14.2 Å². The quantitative estimate of drug-likeness (QED) is 0.562. The topological polar surface area (TPSA) is 83.8 Å². The molecule has 0 aliphatic carbocycles. The van der Waals surface area contributed by atoms with Crippen LogP contribution in [-0.4, -0.2) is 22.1 Å². The Labute approximate surface area is 52.2 Å². The predicted octanol–water partition coefficient (Wildman–Crippen LogP) is 0.126. The van der Waals surface area contributed by atoms with Crippen molar-refractivity contribution in [1.29, 1.82) is 0 Å². The van der Waals surface area contributed by atoms with E-state index in [4.69, 9.17) is 10.00 Å². The van der Waals surface area contributed by atoms with Crippen LogP contribution in [0, 0.1) is 0 Å². The number of hydrogen-bond acceptors (Lipinski definition) is 3. The molecule has 2 atom stereocenters. The lowest BCUT2D eigenvalue weighted by molar-refractivity contribution is -0.144. The molecule has 0 amide bonds. The van der Waals surface area contributed by atoms with Gasteiger partial charge in [0, 0.05) is 4.57 Å². The van der Waals surface area contributed by atoms with Gasteiger partial charge >= 0.3 is 14.2 Å². The van der Waals surface area contributed by atoms with Crippen LogP contribution < -0.4 is 0 Å². The molecule has 0 rings (SSSR count). The SMILES string of the molecule is CC(O[P+](=O)O)C(=O)O. The lowest BCUT2D eigenvalue weighted by atomic mass is 10.4. The van der Waals surface area contributed by atoms with Gasteiger partial charge in [0.2, 0.25) is 6.10 Å². The van der Waals surface area contributed by atoms with Gasteiger partial charge in [-0.3, -0.25) is 0 Å². The van der Waals surface area contributed by atoms with E-state index in [-0.39, 0.29) is 0 Å². The normalized spacial score (nSPS) is 14.7. The van der Waals surface area contributed by atoms with Crippen LogP contribution in [0.4, 0.5) is 0 Å². The van der Waals surface area contributed by atoms with Crippen LogP contribution in [0.5, 0.6) is 0 Å². The Hall–Kier alpha value is -0.510. The predicted molar refractivity (Wildman–Crippen MR) is 28.0 cm³/mol. The number of carboxylic acids is 1. The molecule has 5 nitrogen and oxygen atoms in total. The van der Waals surface area contributed by atoms with Crippen LogP contribution in [0.3, 0.4) is 0 Å². The average molecular weight is 153 g/mol. The molecule has 0 aromatic rings. The maximum Gasteiger partial charge on any atom is 0.695 e. The van der Waals surface area contributed by atoms with E-state index in [2.05, 4.69) is 4.52 Å². The summed E-state index contributed by atoms with van der Waals surface area (Å²) >= 11 is 0. The number of carbonyl (C=O) groups is 1. The smallest absolute Gasteiger partial charge is 0.479 e.